The number of aliphatic carboxylic acids is 1. The van der Waals surface area contributed by atoms with Gasteiger partial charge >= 0.3 is 5.97 Å². The number of carboxylic acids is 1. The van der Waals surface area contributed by atoms with Gasteiger partial charge in [0.1, 0.15) is 6.10 Å². The molecule has 1 fully saturated rings. The van der Waals surface area contributed by atoms with Crippen LogP contribution in [0.2, 0.25) is 0 Å². The summed E-state index contributed by atoms with van der Waals surface area (Å²) < 4.78 is 11.4. The maximum atomic E-state index is 10.5. The summed E-state index contributed by atoms with van der Waals surface area (Å²) in [7, 11) is 0. The molecule has 0 aromatic rings. The molecule has 0 bridgehead atoms. The molecular formula is C24H46O7. The van der Waals surface area contributed by atoms with Crippen LogP contribution in [0.1, 0.15) is 110 Å². The molecule has 7 heteroatoms. The molecule has 1 aliphatic heterocycles. The quantitative estimate of drug-likeness (QED) is 0.234. The number of rotatable bonds is 18. The lowest BCUT2D eigenvalue weighted by molar-refractivity contribution is -0.273. The zero-order chi connectivity index (χ0) is 23.1. The molecule has 0 spiro atoms. The Hall–Kier alpha value is -0.730. The van der Waals surface area contributed by atoms with E-state index in [1.54, 1.807) is 6.92 Å². The molecule has 0 radical (unpaired) electrons. The monoisotopic (exact) mass is 446 g/mol. The van der Waals surface area contributed by atoms with E-state index < -0.39 is 30.6 Å². The lowest BCUT2D eigenvalue weighted by atomic mass is 10.0. The Morgan fingerprint density at radius 2 is 1.39 bits per heavy atom. The first-order valence-electron chi connectivity index (χ1n) is 12.4. The number of unbranched alkanes of at least 4 members (excludes halogenated alkanes) is 10. The van der Waals surface area contributed by atoms with Crippen molar-refractivity contribution in [2.24, 2.45) is 0 Å². The van der Waals surface area contributed by atoms with Gasteiger partial charge in [-0.15, -0.1) is 0 Å². The number of hydrogen-bond acceptors (Lipinski definition) is 6. The Bertz CT molecular complexity index is 459. The van der Waals surface area contributed by atoms with Gasteiger partial charge in [0.25, 0.3) is 0 Å². The molecule has 0 aromatic carbocycles. The summed E-state index contributed by atoms with van der Waals surface area (Å²) in [6.45, 7) is 3.81. The average Bonchev–Trinajstić information content (AvgIpc) is 2.69. The van der Waals surface area contributed by atoms with Crippen molar-refractivity contribution in [3.8, 4) is 0 Å². The third-order valence-corrected chi connectivity index (χ3v) is 6.11. The van der Waals surface area contributed by atoms with Crippen LogP contribution in [0, 0.1) is 0 Å². The van der Waals surface area contributed by atoms with Crippen LogP contribution in [0.25, 0.3) is 0 Å². The number of hydrogen-bond donors (Lipinski definition) is 4. The number of carbonyl (C=O) groups is 1. The summed E-state index contributed by atoms with van der Waals surface area (Å²) in [5.74, 6) is -0.930. The summed E-state index contributed by atoms with van der Waals surface area (Å²) in [6.07, 6.45) is 11.6. The summed E-state index contributed by atoms with van der Waals surface area (Å²) >= 11 is 0. The first-order valence-corrected chi connectivity index (χ1v) is 12.4. The predicted molar refractivity (Wildman–Crippen MR) is 120 cm³/mol. The number of aliphatic hydroxyl groups excluding tert-OH is 3. The van der Waals surface area contributed by atoms with Gasteiger partial charge in [-0.05, 0) is 26.7 Å². The van der Waals surface area contributed by atoms with Gasteiger partial charge in [0.2, 0.25) is 0 Å². The Balaban J connectivity index is 1.86. The molecule has 1 aliphatic rings. The molecule has 0 saturated carbocycles. The third kappa shape index (κ3) is 14.1. The van der Waals surface area contributed by atoms with Crippen LogP contribution in [0.5, 0.6) is 0 Å². The van der Waals surface area contributed by atoms with E-state index in [-0.39, 0.29) is 18.6 Å². The molecule has 0 amide bonds. The first kappa shape index (κ1) is 28.3. The van der Waals surface area contributed by atoms with Gasteiger partial charge < -0.3 is 29.9 Å². The zero-order valence-corrected chi connectivity index (χ0v) is 19.6. The molecule has 1 saturated heterocycles. The van der Waals surface area contributed by atoms with E-state index >= 15 is 0 Å². The molecular weight excluding hydrogens is 400 g/mol. The highest BCUT2D eigenvalue weighted by molar-refractivity contribution is 5.67. The van der Waals surface area contributed by atoms with Crippen molar-refractivity contribution in [2.75, 3.05) is 0 Å². The molecule has 0 unspecified atom stereocenters. The normalized spacial score (nSPS) is 26.0. The Morgan fingerprint density at radius 3 is 1.90 bits per heavy atom. The zero-order valence-electron chi connectivity index (χ0n) is 19.6. The van der Waals surface area contributed by atoms with Crippen LogP contribution in [-0.2, 0) is 14.3 Å². The second-order valence-electron chi connectivity index (χ2n) is 9.24. The van der Waals surface area contributed by atoms with Gasteiger partial charge in [-0.2, -0.15) is 0 Å². The first-order chi connectivity index (χ1) is 14.8. The lowest BCUT2D eigenvalue weighted by Gasteiger charge is -2.36. The molecule has 6 atom stereocenters. The second-order valence-corrected chi connectivity index (χ2v) is 9.24. The van der Waals surface area contributed by atoms with Crippen LogP contribution in [0.4, 0.5) is 0 Å². The van der Waals surface area contributed by atoms with Crippen LogP contribution in [0.15, 0.2) is 0 Å². The van der Waals surface area contributed by atoms with E-state index in [2.05, 4.69) is 0 Å². The largest absolute Gasteiger partial charge is 0.481 e. The smallest absolute Gasteiger partial charge is 0.305 e. The van der Waals surface area contributed by atoms with E-state index in [1.807, 2.05) is 6.92 Å². The maximum Gasteiger partial charge on any atom is 0.305 e. The molecule has 184 valence electrons. The lowest BCUT2D eigenvalue weighted by Crippen LogP contribution is -2.48. The van der Waals surface area contributed by atoms with Gasteiger partial charge in [0, 0.05) is 6.42 Å². The third-order valence-electron chi connectivity index (χ3n) is 6.11. The maximum absolute atomic E-state index is 10.5. The van der Waals surface area contributed by atoms with Gasteiger partial charge in [-0.25, -0.2) is 0 Å². The molecule has 4 N–H and O–H groups in total. The van der Waals surface area contributed by atoms with Gasteiger partial charge in [-0.1, -0.05) is 70.6 Å². The highest BCUT2D eigenvalue weighted by atomic mass is 16.7. The van der Waals surface area contributed by atoms with Crippen molar-refractivity contribution in [3.63, 3.8) is 0 Å². The molecule has 1 heterocycles. The van der Waals surface area contributed by atoms with Gasteiger partial charge in [0.15, 0.2) is 6.29 Å². The molecule has 7 nitrogen and oxygen atoms in total. The highest BCUT2D eigenvalue weighted by Gasteiger charge is 2.35. The number of aliphatic hydroxyl groups is 3. The van der Waals surface area contributed by atoms with Crippen molar-refractivity contribution >= 4 is 5.97 Å². The van der Waals surface area contributed by atoms with Crippen LogP contribution < -0.4 is 0 Å². The van der Waals surface area contributed by atoms with Gasteiger partial charge in [-0.3, -0.25) is 4.79 Å². The molecule has 1 rings (SSSR count). The Kier molecular flexibility index (Phi) is 15.4. The van der Waals surface area contributed by atoms with E-state index in [0.717, 1.165) is 32.1 Å². The summed E-state index contributed by atoms with van der Waals surface area (Å²) in [5.41, 5.74) is 0. The van der Waals surface area contributed by atoms with Crippen molar-refractivity contribution in [1.82, 2.24) is 0 Å². The highest BCUT2D eigenvalue weighted by Crippen LogP contribution is 2.23. The van der Waals surface area contributed by atoms with Crippen LogP contribution >= 0.6 is 0 Å². The standard InChI is InChI=1S/C24H46O7/c1-18(30-24-22(27)17-21(26)19(2)31-24)14-12-10-8-6-4-3-5-7-9-11-13-15-20(25)16-23(28)29/h18-22,24-27H,3-17H2,1-2H3,(H,28,29)/t18-,19+,20-,21-,22-,24-/m1/s1. The SMILES string of the molecule is C[C@H](CCCCCCCCCCCCC[C@@H](O)CC(=O)O)O[C@@H]1O[C@@H](C)[C@H](O)C[C@H]1O. The van der Waals surface area contributed by atoms with E-state index in [4.69, 9.17) is 14.6 Å². The minimum Gasteiger partial charge on any atom is -0.481 e. The van der Waals surface area contributed by atoms with Crippen LogP contribution in [-0.4, -0.2) is 63.2 Å². The summed E-state index contributed by atoms with van der Waals surface area (Å²) in [5, 5.41) is 37.8. The topological polar surface area (TPSA) is 116 Å². The minimum absolute atomic E-state index is 0.0346. The molecule has 31 heavy (non-hydrogen) atoms. The van der Waals surface area contributed by atoms with Gasteiger partial charge in [0.05, 0.1) is 30.8 Å². The number of carboxylic acid groups (broad SMARTS) is 1. The average molecular weight is 447 g/mol. The fourth-order valence-electron chi connectivity index (χ4n) is 4.07. The Labute approximate surface area is 188 Å². The van der Waals surface area contributed by atoms with E-state index in [0.29, 0.717) is 12.8 Å². The minimum atomic E-state index is -0.930. The van der Waals surface area contributed by atoms with E-state index in [9.17, 15) is 20.1 Å². The predicted octanol–water partition coefficient (Wildman–Crippen LogP) is 4.16. The second kappa shape index (κ2) is 16.8. The summed E-state index contributed by atoms with van der Waals surface area (Å²) in [6, 6.07) is 0. The van der Waals surface area contributed by atoms with Crippen molar-refractivity contribution in [2.45, 2.75) is 147 Å². The summed E-state index contributed by atoms with van der Waals surface area (Å²) in [4.78, 5) is 10.5. The fraction of sp³-hybridized carbons (Fsp3) is 0.958. The fourth-order valence-corrected chi connectivity index (χ4v) is 4.07. The molecule has 0 aromatic heterocycles. The van der Waals surface area contributed by atoms with Crippen molar-refractivity contribution in [1.29, 1.82) is 0 Å². The van der Waals surface area contributed by atoms with E-state index in [1.165, 1.54) is 44.9 Å². The van der Waals surface area contributed by atoms with Crippen molar-refractivity contribution < 1.29 is 34.7 Å². The molecule has 0 aliphatic carbocycles. The van der Waals surface area contributed by atoms with Crippen molar-refractivity contribution in [3.05, 3.63) is 0 Å². The number of ether oxygens (including phenoxy) is 2. The van der Waals surface area contributed by atoms with Crippen LogP contribution in [0.3, 0.4) is 0 Å². The Morgan fingerprint density at radius 1 is 0.903 bits per heavy atom.